The number of carbonyl (C=O) groups is 2. The van der Waals surface area contributed by atoms with Gasteiger partial charge >= 0.3 is 5.97 Å². The third-order valence-electron chi connectivity index (χ3n) is 6.86. The van der Waals surface area contributed by atoms with E-state index in [0.717, 1.165) is 41.7 Å². The third kappa shape index (κ3) is 6.72. The topological polar surface area (TPSA) is 66.8 Å². The average molecular weight is 520 g/mol. The van der Waals surface area contributed by atoms with Gasteiger partial charge < -0.3 is 14.7 Å². The summed E-state index contributed by atoms with van der Waals surface area (Å²) in [4.78, 5) is 26.4. The summed E-state index contributed by atoms with van der Waals surface area (Å²) in [6.07, 6.45) is 2.29. The quantitative estimate of drug-likeness (QED) is 0.377. The van der Waals surface area contributed by atoms with Gasteiger partial charge in [-0.2, -0.15) is 0 Å². The summed E-state index contributed by atoms with van der Waals surface area (Å²) < 4.78 is 6.40. The number of carboxylic acids is 1. The minimum atomic E-state index is -1.04. The summed E-state index contributed by atoms with van der Waals surface area (Å²) in [5.41, 5.74) is 4.25. The largest absolute Gasteiger partial charge is 0.487 e. The lowest BCUT2D eigenvalue weighted by Crippen LogP contribution is -2.39. The van der Waals surface area contributed by atoms with E-state index < -0.39 is 5.97 Å². The first-order valence-electron chi connectivity index (χ1n) is 12.6. The lowest BCUT2D eigenvalue weighted by atomic mass is 9.86. The summed E-state index contributed by atoms with van der Waals surface area (Å²) in [5, 5.41) is 10.2. The van der Waals surface area contributed by atoms with Crippen LogP contribution in [-0.4, -0.2) is 34.0 Å². The molecule has 0 saturated carbocycles. The molecular formula is C31H34ClNO4. The summed E-state index contributed by atoms with van der Waals surface area (Å²) in [6, 6.07) is 21.2. The Balaban J connectivity index is 1.50. The van der Waals surface area contributed by atoms with Crippen LogP contribution in [0.15, 0.2) is 66.7 Å². The molecule has 3 aromatic carbocycles. The number of carbonyl (C=O) groups excluding carboxylic acids is 1. The second kappa shape index (κ2) is 10.6. The molecule has 0 aromatic heterocycles. The van der Waals surface area contributed by atoms with E-state index in [1.165, 1.54) is 10.5 Å². The van der Waals surface area contributed by atoms with Gasteiger partial charge in [-0.15, -0.1) is 0 Å². The Bertz CT molecular complexity index is 1300. The minimum absolute atomic E-state index is 0.0184. The van der Waals surface area contributed by atoms with Gasteiger partial charge in [-0.3, -0.25) is 9.59 Å². The van der Waals surface area contributed by atoms with Crippen LogP contribution in [0.5, 0.6) is 5.75 Å². The van der Waals surface area contributed by atoms with Crippen LogP contribution in [0.4, 0.5) is 0 Å². The second-order valence-corrected chi connectivity index (χ2v) is 11.6. The molecule has 3 aromatic rings. The van der Waals surface area contributed by atoms with Crippen molar-refractivity contribution in [3.05, 3.63) is 99.6 Å². The Labute approximate surface area is 224 Å². The average Bonchev–Trinajstić information content (AvgIpc) is 2.82. The lowest BCUT2D eigenvalue weighted by molar-refractivity contribution is -0.137. The number of nitrogens with zero attached hydrogens (tertiary/aromatic N) is 1. The molecule has 0 spiro atoms. The first-order chi connectivity index (χ1) is 17.4. The van der Waals surface area contributed by atoms with E-state index in [0.29, 0.717) is 10.6 Å². The SMILES string of the molecule is CC(C)(C)c1ccc(CN(CC(=O)O)C(=O)c2ccc3c(c2)CC[C@](C)(Cc2cccc(Cl)c2)O3)cc1. The predicted molar refractivity (Wildman–Crippen MR) is 146 cm³/mol. The molecule has 1 aliphatic heterocycles. The normalized spacial score (nSPS) is 17.0. The highest BCUT2D eigenvalue weighted by Gasteiger charge is 2.32. The van der Waals surface area contributed by atoms with Gasteiger partial charge in [-0.05, 0) is 77.8 Å². The molecule has 6 heteroatoms. The molecule has 4 rings (SSSR count). The summed E-state index contributed by atoms with van der Waals surface area (Å²) in [5.74, 6) is -0.593. The van der Waals surface area contributed by atoms with Gasteiger partial charge in [0.15, 0.2) is 0 Å². The Morgan fingerprint density at radius 2 is 1.76 bits per heavy atom. The number of halogens is 1. The molecule has 0 fully saturated rings. The van der Waals surface area contributed by atoms with Gasteiger partial charge in [0, 0.05) is 23.6 Å². The van der Waals surface area contributed by atoms with Crippen LogP contribution < -0.4 is 4.74 Å². The molecule has 1 aliphatic rings. The van der Waals surface area contributed by atoms with Gasteiger partial charge in [-0.25, -0.2) is 0 Å². The molecule has 194 valence electrons. The summed E-state index contributed by atoms with van der Waals surface area (Å²) in [7, 11) is 0. The number of rotatable bonds is 7. The van der Waals surface area contributed by atoms with Crippen LogP contribution in [0.3, 0.4) is 0 Å². The van der Waals surface area contributed by atoms with Gasteiger partial charge in [-0.1, -0.05) is 68.8 Å². The van der Waals surface area contributed by atoms with E-state index in [-0.39, 0.29) is 30.0 Å². The van der Waals surface area contributed by atoms with Crippen molar-refractivity contribution in [2.45, 2.75) is 64.5 Å². The number of benzene rings is 3. The molecule has 1 heterocycles. The number of hydrogen-bond donors (Lipinski definition) is 1. The summed E-state index contributed by atoms with van der Waals surface area (Å²) in [6.45, 7) is 8.37. The second-order valence-electron chi connectivity index (χ2n) is 11.2. The highest BCUT2D eigenvalue weighted by molar-refractivity contribution is 6.30. The first-order valence-corrected chi connectivity index (χ1v) is 13.0. The highest BCUT2D eigenvalue weighted by Crippen LogP contribution is 2.36. The smallest absolute Gasteiger partial charge is 0.323 e. The predicted octanol–water partition coefficient (Wildman–Crippen LogP) is 6.69. The number of ether oxygens (including phenoxy) is 1. The lowest BCUT2D eigenvalue weighted by Gasteiger charge is -2.36. The molecule has 0 unspecified atom stereocenters. The van der Waals surface area contributed by atoms with Crippen LogP contribution in [-0.2, 0) is 29.6 Å². The minimum Gasteiger partial charge on any atom is -0.487 e. The molecule has 0 aliphatic carbocycles. The molecular weight excluding hydrogens is 486 g/mol. The van der Waals surface area contributed by atoms with Gasteiger partial charge in [0.1, 0.15) is 17.9 Å². The number of hydrogen-bond acceptors (Lipinski definition) is 3. The van der Waals surface area contributed by atoms with Crippen molar-refractivity contribution in [3.63, 3.8) is 0 Å². The maximum atomic E-state index is 13.4. The van der Waals surface area contributed by atoms with Crippen LogP contribution in [0.1, 0.15) is 66.7 Å². The van der Waals surface area contributed by atoms with Crippen LogP contribution in [0.2, 0.25) is 5.02 Å². The maximum absolute atomic E-state index is 13.4. The van der Waals surface area contributed by atoms with Crippen LogP contribution in [0, 0.1) is 0 Å². The van der Waals surface area contributed by atoms with E-state index in [1.54, 1.807) is 6.07 Å². The van der Waals surface area contributed by atoms with E-state index in [4.69, 9.17) is 16.3 Å². The number of amides is 1. The number of fused-ring (bicyclic) bond motifs is 1. The molecule has 1 atom stereocenters. The van der Waals surface area contributed by atoms with Crippen LogP contribution >= 0.6 is 11.6 Å². The Morgan fingerprint density at radius 1 is 1.03 bits per heavy atom. The molecule has 0 bridgehead atoms. The van der Waals surface area contributed by atoms with Crippen molar-refractivity contribution in [1.82, 2.24) is 4.90 Å². The molecule has 37 heavy (non-hydrogen) atoms. The van der Waals surface area contributed by atoms with Crippen molar-refractivity contribution in [2.75, 3.05) is 6.54 Å². The van der Waals surface area contributed by atoms with Gasteiger partial charge in [0.25, 0.3) is 5.91 Å². The van der Waals surface area contributed by atoms with E-state index in [9.17, 15) is 14.7 Å². The third-order valence-corrected chi connectivity index (χ3v) is 7.10. The zero-order valence-corrected chi connectivity index (χ0v) is 22.6. The van der Waals surface area contributed by atoms with Crippen molar-refractivity contribution < 1.29 is 19.4 Å². The maximum Gasteiger partial charge on any atom is 0.323 e. The monoisotopic (exact) mass is 519 g/mol. The van der Waals surface area contributed by atoms with Gasteiger partial charge in [0.2, 0.25) is 0 Å². The molecule has 0 saturated heterocycles. The zero-order valence-electron chi connectivity index (χ0n) is 21.9. The van der Waals surface area contributed by atoms with E-state index in [1.807, 2.05) is 60.7 Å². The molecule has 1 N–H and O–H groups in total. The fourth-order valence-corrected chi connectivity index (χ4v) is 5.01. The number of aryl methyl sites for hydroxylation is 1. The highest BCUT2D eigenvalue weighted by atomic mass is 35.5. The van der Waals surface area contributed by atoms with E-state index in [2.05, 4.69) is 27.7 Å². The Kier molecular flexibility index (Phi) is 7.65. The van der Waals surface area contributed by atoms with Crippen LogP contribution in [0.25, 0.3) is 0 Å². The van der Waals surface area contributed by atoms with Crippen molar-refractivity contribution in [1.29, 1.82) is 0 Å². The first kappa shape index (κ1) is 26.7. The number of carboxylic acid groups (broad SMARTS) is 1. The number of aliphatic carboxylic acids is 1. The van der Waals surface area contributed by atoms with Gasteiger partial charge in [0.05, 0.1) is 0 Å². The molecule has 5 nitrogen and oxygen atoms in total. The zero-order chi connectivity index (χ0) is 26.8. The molecule has 1 amide bonds. The van der Waals surface area contributed by atoms with Crippen molar-refractivity contribution >= 4 is 23.5 Å². The fourth-order valence-electron chi connectivity index (χ4n) is 4.80. The van der Waals surface area contributed by atoms with Crippen molar-refractivity contribution in [2.24, 2.45) is 0 Å². The Morgan fingerprint density at radius 3 is 2.41 bits per heavy atom. The fraction of sp³-hybridized carbons (Fsp3) is 0.355. The summed E-state index contributed by atoms with van der Waals surface area (Å²) >= 11 is 6.16. The van der Waals surface area contributed by atoms with Crippen molar-refractivity contribution in [3.8, 4) is 5.75 Å². The standard InChI is InChI=1S/C31H34ClNO4/c1-30(2,3)25-11-8-21(9-12-25)19-33(20-28(34)35)29(36)24-10-13-27-23(17-24)14-15-31(4,37-27)18-22-6-5-7-26(32)16-22/h5-13,16-17H,14-15,18-20H2,1-4H3,(H,34,35)/t31-/m1/s1. The Hall–Kier alpha value is -3.31. The molecule has 0 radical (unpaired) electrons. The van der Waals surface area contributed by atoms with E-state index >= 15 is 0 Å².